The SMILES string of the molecule is COC(=O)C1CC(CC(=O)N(C2CC2)C(C)c2ccc(O)cc2)C1. The molecule has 5 heteroatoms. The Morgan fingerprint density at radius 1 is 1.25 bits per heavy atom. The summed E-state index contributed by atoms with van der Waals surface area (Å²) >= 11 is 0. The third-order valence-electron chi connectivity index (χ3n) is 5.25. The number of phenolic OH excluding ortho intramolecular Hbond substituents is 1. The van der Waals surface area contributed by atoms with Crippen molar-refractivity contribution in [1.29, 1.82) is 0 Å². The molecule has 2 saturated carbocycles. The summed E-state index contributed by atoms with van der Waals surface area (Å²) in [5, 5.41) is 9.44. The molecule has 1 unspecified atom stereocenters. The number of benzene rings is 1. The highest BCUT2D eigenvalue weighted by molar-refractivity contribution is 5.79. The molecular weight excluding hydrogens is 306 g/mol. The maximum Gasteiger partial charge on any atom is 0.308 e. The minimum Gasteiger partial charge on any atom is -0.508 e. The van der Waals surface area contributed by atoms with Crippen molar-refractivity contribution in [3.63, 3.8) is 0 Å². The van der Waals surface area contributed by atoms with Crippen LogP contribution in [0.15, 0.2) is 24.3 Å². The van der Waals surface area contributed by atoms with Gasteiger partial charge in [-0.15, -0.1) is 0 Å². The third kappa shape index (κ3) is 3.55. The van der Waals surface area contributed by atoms with Gasteiger partial charge in [-0.05, 0) is 56.2 Å². The first-order chi connectivity index (χ1) is 11.5. The quantitative estimate of drug-likeness (QED) is 0.814. The fourth-order valence-electron chi connectivity index (χ4n) is 3.62. The van der Waals surface area contributed by atoms with Crippen LogP contribution in [0.4, 0.5) is 0 Å². The van der Waals surface area contributed by atoms with Gasteiger partial charge in [0.15, 0.2) is 0 Å². The zero-order chi connectivity index (χ0) is 17.3. The maximum absolute atomic E-state index is 12.8. The Balaban J connectivity index is 1.60. The van der Waals surface area contributed by atoms with Gasteiger partial charge in [-0.2, -0.15) is 0 Å². The molecule has 0 spiro atoms. The number of aromatic hydroxyl groups is 1. The number of carbonyl (C=O) groups excluding carboxylic acids is 2. The second-order valence-corrected chi connectivity index (χ2v) is 7.06. The molecule has 2 aliphatic carbocycles. The van der Waals surface area contributed by atoms with Gasteiger partial charge in [0.2, 0.25) is 5.91 Å². The number of hydrogen-bond acceptors (Lipinski definition) is 4. The Labute approximate surface area is 142 Å². The van der Waals surface area contributed by atoms with Crippen molar-refractivity contribution >= 4 is 11.9 Å². The van der Waals surface area contributed by atoms with E-state index in [4.69, 9.17) is 4.74 Å². The zero-order valence-corrected chi connectivity index (χ0v) is 14.3. The van der Waals surface area contributed by atoms with Gasteiger partial charge in [-0.3, -0.25) is 9.59 Å². The standard InChI is InChI=1S/C19H25NO4/c1-12(14-3-7-17(21)8-4-14)20(16-5-6-16)18(22)11-13-9-15(10-13)19(23)24-2/h3-4,7-8,12-13,15-16,21H,5-6,9-11H2,1-2H3. The Morgan fingerprint density at radius 3 is 2.42 bits per heavy atom. The van der Waals surface area contributed by atoms with E-state index in [-0.39, 0.29) is 35.5 Å². The molecule has 1 amide bonds. The smallest absolute Gasteiger partial charge is 0.308 e. The van der Waals surface area contributed by atoms with Gasteiger partial charge >= 0.3 is 5.97 Å². The van der Waals surface area contributed by atoms with Crippen LogP contribution >= 0.6 is 0 Å². The van der Waals surface area contributed by atoms with E-state index in [1.807, 2.05) is 24.0 Å². The van der Waals surface area contributed by atoms with E-state index in [1.165, 1.54) is 7.11 Å². The second kappa shape index (κ2) is 6.83. The minimum absolute atomic E-state index is 0.00193. The first-order valence-corrected chi connectivity index (χ1v) is 8.67. The van der Waals surface area contributed by atoms with E-state index in [1.54, 1.807) is 12.1 Å². The molecule has 130 valence electrons. The lowest BCUT2D eigenvalue weighted by Gasteiger charge is -2.36. The topological polar surface area (TPSA) is 66.8 Å². The molecule has 24 heavy (non-hydrogen) atoms. The molecule has 1 N–H and O–H groups in total. The van der Waals surface area contributed by atoms with Gasteiger partial charge in [0.1, 0.15) is 5.75 Å². The van der Waals surface area contributed by atoms with E-state index < -0.39 is 0 Å². The molecule has 0 bridgehead atoms. The average molecular weight is 331 g/mol. The minimum atomic E-state index is -0.157. The summed E-state index contributed by atoms with van der Waals surface area (Å²) in [6, 6.07) is 7.40. The number of ether oxygens (including phenoxy) is 1. The maximum atomic E-state index is 12.8. The number of methoxy groups -OCH3 is 1. The molecule has 5 nitrogen and oxygen atoms in total. The van der Waals surface area contributed by atoms with E-state index in [0.717, 1.165) is 31.2 Å². The van der Waals surface area contributed by atoms with Gasteiger partial charge in [0, 0.05) is 12.5 Å². The normalized spacial score (nSPS) is 23.9. The Hall–Kier alpha value is -2.04. The van der Waals surface area contributed by atoms with Gasteiger partial charge in [-0.25, -0.2) is 0 Å². The number of hydrogen-bond donors (Lipinski definition) is 1. The molecule has 0 saturated heterocycles. The van der Waals surface area contributed by atoms with Gasteiger partial charge in [-0.1, -0.05) is 12.1 Å². The Kier molecular flexibility index (Phi) is 4.78. The molecule has 1 aromatic rings. The van der Waals surface area contributed by atoms with Crippen LogP contribution in [0.25, 0.3) is 0 Å². The van der Waals surface area contributed by atoms with Crippen LogP contribution in [0.2, 0.25) is 0 Å². The lowest BCUT2D eigenvalue weighted by Crippen LogP contribution is -2.39. The number of rotatable bonds is 6. The molecule has 2 aliphatic rings. The van der Waals surface area contributed by atoms with Crippen LogP contribution < -0.4 is 0 Å². The third-order valence-corrected chi connectivity index (χ3v) is 5.25. The van der Waals surface area contributed by atoms with Crippen LogP contribution in [0.5, 0.6) is 5.75 Å². The average Bonchev–Trinajstić information content (AvgIpc) is 3.35. The largest absolute Gasteiger partial charge is 0.508 e. The van der Waals surface area contributed by atoms with Gasteiger partial charge in [0.25, 0.3) is 0 Å². The molecule has 2 fully saturated rings. The van der Waals surface area contributed by atoms with Crippen LogP contribution in [0, 0.1) is 11.8 Å². The molecule has 0 radical (unpaired) electrons. The lowest BCUT2D eigenvalue weighted by molar-refractivity contribution is -0.152. The highest BCUT2D eigenvalue weighted by atomic mass is 16.5. The molecule has 0 heterocycles. The van der Waals surface area contributed by atoms with E-state index in [2.05, 4.69) is 0 Å². The summed E-state index contributed by atoms with van der Waals surface area (Å²) in [5.74, 6) is 0.506. The summed E-state index contributed by atoms with van der Waals surface area (Å²) in [6.45, 7) is 2.04. The molecule has 0 aliphatic heterocycles. The lowest BCUT2D eigenvalue weighted by atomic mass is 9.73. The van der Waals surface area contributed by atoms with E-state index in [9.17, 15) is 14.7 Å². The van der Waals surface area contributed by atoms with Crippen molar-refractivity contribution in [2.75, 3.05) is 7.11 Å². The molecule has 3 rings (SSSR count). The van der Waals surface area contributed by atoms with Crippen molar-refractivity contribution in [2.45, 2.75) is 51.1 Å². The van der Waals surface area contributed by atoms with Crippen molar-refractivity contribution in [1.82, 2.24) is 4.90 Å². The summed E-state index contributed by atoms with van der Waals surface area (Å²) in [4.78, 5) is 26.3. The van der Waals surface area contributed by atoms with Crippen molar-refractivity contribution in [3.8, 4) is 5.75 Å². The predicted molar refractivity (Wildman–Crippen MR) is 89.2 cm³/mol. The monoisotopic (exact) mass is 331 g/mol. The van der Waals surface area contributed by atoms with Crippen LogP contribution in [0.3, 0.4) is 0 Å². The van der Waals surface area contributed by atoms with Crippen molar-refractivity contribution in [3.05, 3.63) is 29.8 Å². The summed E-state index contributed by atoms with van der Waals surface area (Å²) in [7, 11) is 1.41. The fraction of sp³-hybridized carbons (Fsp3) is 0.579. The highest BCUT2D eigenvalue weighted by Crippen LogP contribution is 2.40. The Bertz CT molecular complexity index is 602. The van der Waals surface area contributed by atoms with Crippen LogP contribution in [-0.2, 0) is 14.3 Å². The number of esters is 1. The van der Waals surface area contributed by atoms with Gasteiger partial charge < -0.3 is 14.7 Å². The van der Waals surface area contributed by atoms with E-state index in [0.29, 0.717) is 12.5 Å². The number of carbonyl (C=O) groups is 2. The predicted octanol–water partition coefficient (Wildman–Crippen LogP) is 3.03. The number of phenols is 1. The highest BCUT2D eigenvalue weighted by Gasteiger charge is 2.40. The second-order valence-electron chi connectivity index (χ2n) is 7.06. The molecular formula is C19H25NO4. The molecule has 1 atom stereocenters. The van der Waals surface area contributed by atoms with Crippen molar-refractivity contribution < 1.29 is 19.4 Å². The first-order valence-electron chi connectivity index (χ1n) is 8.67. The summed E-state index contributed by atoms with van der Waals surface area (Å²) in [6.07, 6.45) is 4.13. The molecule has 0 aromatic heterocycles. The summed E-state index contributed by atoms with van der Waals surface area (Å²) < 4.78 is 4.75. The number of amides is 1. The molecule has 1 aromatic carbocycles. The zero-order valence-electron chi connectivity index (χ0n) is 14.3. The summed E-state index contributed by atoms with van der Waals surface area (Å²) in [5.41, 5.74) is 1.04. The van der Waals surface area contributed by atoms with Crippen LogP contribution in [-0.4, -0.2) is 35.0 Å². The van der Waals surface area contributed by atoms with Crippen LogP contribution in [0.1, 0.15) is 50.6 Å². The number of nitrogens with zero attached hydrogens (tertiary/aromatic N) is 1. The van der Waals surface area contributed by atoms with Gasteiger partial charge in [0.05, 0.1) is 19.1 Å². The fourth-order valence-corrected chi connectivity index (χ4v) is 3.62. The van der Waals surface area contributed by atoms with Crippen molar-refractivity contribution in [2.24, 2.45) is 11.8 Å². The van der Waals surface area contributed by atoms with E-state index >= 15 is 0 Å². The Morgan fingerprint density at radius 2 is 1.88 bits per heavy atom. The first kappa shape index (κ1) is 16.8.